The Kier molecular flexibility index (Phi) is 5.85. The quantitative estimate of drug-likeness (QED) is 0.263. The number of fused-ring (bicyclic) bond motifs is 3. The number of aromatic hydroxyl groups is 2. The van der Waals surface area contributed by atoms with Crippen LogP contribution in [0.25, 0.3) is 0 Å². The van der Waals surface area contributed by atoms with Crippen LogP contribution >= 0.6 is 0 Å². The van der Waals surface area contributed by atoms with Crippen molar-refractivity contribution >= 4 is 23.3 Å². The van der Waals surface area contributed by atoms with Gasteiger partial charge in [-0.15, -0.1) is 0 Å². The molecule has 0 fully saturated rings. The number of hydrogen-bond donors (Lipinski definition) is 5. The van der Waals surface area contributed by atoms with E-state index in [1.165, 1.54) is 19.2 Å². The highest BCUT2D eigenvalue weighted by Crippen LogP contribution is 2.50. The first kappa shape index (κ1) is 24.3. The fourth-order valence-electron chi connectivity index (χ4n) is 4.92. The van der Waals surface area contributed by atoms with E-state index in [0.29, 0.717) is 11.4 Å². The molecule has 1 amide bonds. The predicted octanol–water partition coefficient (Wildman–Crippen LogP) is 2.84. The molecule has 10 heteroatoms. The largest absolute Gasteiger partial charge is 0.507 e. The van der Waals surface area contributed by atoms with E-state index in [9.17, 15) is 34.8 Å². The zero-order valence-corrected chi connectivity index (χ0v) is 19.6. The minimum absolute atomic E-state index is 0.0693. The third kappa shape index (κ3) is 4.05. The number of anilines is 1. The van der Waals surface area contributed by atoms with Crippen LogP contribution < -0.4 is 10.1 Å². The van der Waals surface area contributed by atoms with Crippen molar-refractivity contribution in [1.29, 1.82) is 0 Å². The Morgan fingerprint density at radius 3 is 2.19 bits per heavy atom. The van der Waals surface area contributed by atoms with Gasteiger partial charge in [-0.1, -0.05) is 24.3 Å². The van der Waals surface area contributed by atoms with Crippen LogP contribution in [0.2, 0.25) is 0 Å². The molecule has 3 aromatic rings. The van der Waals surface area contributed by atoms with Gasteiger partial charge in [0.1, 0.15) is 29.5 Å². The van der Waals surface area contributed by atoms with Gasteiger partial charge in [0, 0.05) is 40.8 Å². The van der Waals surface area contributed by atoms with Gasteiger partial charge in [0.05, 0.1) is 24.3 Å². The predicted molar refractivity (Wildman–Crippen MR) is 129 cm³/mol. The van der Waals surface area contributed by atoms with Gasteiger partial charge >= 0.3 is 6.09 Å². The van der Waals surface area contributed by atoms with Crippen molar-refractivity contribution in [2.45, 2.75) is 24.5 Å². The number of phenolic OH excluding ortho intramolecular Hbond substituents is 2. The fraction of sp³-hybridized carbons (Fsp3) is 0.222. The summed E-state index contributed by atoms with van der Waals surface area (Å²) in [6, 6.07) is 12.5. The molecule has 0 saturated carbocycles. The van der Waals surface area contributed by atoms with Crippen molar-refractivity contribution in [2.24, 2.45) is 0 Å². The molecule has 0 aliphatic heterocycles. The van der Waals surface area contributed by atoms with E-state index in [-0.39, 0.29) is 40.7 Å². The van der Waals surface area contributed by atoms with E-state index in [2.05, 4.69) is 5.32 Å². The van der Waals surface area contributed by atoms with E-state index in [4.69, 9.17) is 9.47 Å². The standard InChI is InChI=1S/C27H23NO9/c1-36-14-8-6-13(7-9-14)28-26(34)37-12-27(35)10-17-19(18(29)11-27)25(33)21-20(24(17)32)22(30)15-4-2-3-5-16(15)23(21)31/h2-9,18,29,32-33,35H,10-12H2,1H3,(H,28,34)/t18-,27+/m0/s1. The number of carbonyl (C=O) groups excluding carboxylic acids is 3. The van der Waals surface area contributed by atoms with Crippen LogP contribution in [0.3, 0.4) is 0 Å². The first-order valence-corrected chi connectivity index (χ1v) is 11.4. The monoisotopic (exact) mass is 505 g/mol. The molecule has 10 nitrogen and oxygen atoms in total. The van der Waals surface area contributed by atoms with Gasteiger partial charge in [0.15, 0.2) is 11.6 Å². The van der Waals surface area contributed by atoms with E-state index in [1.807, 2.05) is 0 Å². The highest BCUT2D eigenvalue weighted by atomic mass is 16.6. The second kappa shape index (κ2) is 8.91. The van der Waals surface area contributed by atoms with Crippen LogP contribution in [0, 0.1) is 0 Å². The summed E-state index contributed by atoms with van der Waals surface area (Å²) in [5, 5.41) is 46.4. The molecule has 2 atom stereocenters. The molecule has 0 aromatic heterocycles. The molecule has 0 saturated heterocycles. The smallest absolute Gasteiger partial charge is 0.411 e. The normalized spacial score (nSPS) is 19.9. The number of aliphatic hydroxyl groups excluding tert-OH is 1. The Morgan fingerprint density at radius 2 is 1.59 bits per heavy atom. The second-order valence-corrected chi connectivity index (χ2v) is 9.09. The summed E-state index contributed by atoms with van der Waals surface area (Å²) in [5.74, 6) is -1.97. The SMILES string of the molecule is COc1ccc(NC(=O)OC[C@@]2(O)Cc3c(O)c4c(c(O)c3[C@@H](O)C2)C(=O)c2ccccc2C4=O)cc1. The molecule has 0 heterocycles. The van der Waals surface area contributed by atoms with Crippen LogP contribution in [0.1, 0.15) is 55.5 Å². The van der Waals surface area contributed by atoms with Gasteiger partial charge in [-0.25, -0.2) is 4.79 Å². The Bertz CT molecular complexity index is 1450. The van der Waals surface area contributed by atoms with Crippen LogP contribution in [0.5, 0.6) is 17.2 Å². The summed E-state index contributed by atoms with van der Waals surface area (Å²) >= 11 is 0. The Morgan fingerprint density at radius 1 is 1.00 bits per heavy atom. The summed E-state index contributed by atoms with van der Waals surface area (Å²) in [7, 11) is 1.51. The van der Waals surface area contributed by atoms with Crippen LogP contribution in [0.4, 0.5) is 10.5 Å². The van der Waals surface area contributed by atoms with Gasteiger partial charge in [0.2, 0.25) is 0 Å². The number of rotatable bonds is 4. The highest BCUT2D eigenvalue weighted by Gasteiger charge is 2.45. The van der Waals surface area contributed by atoms with E-state index in [1.54, 1.807) is 36.4 Å². The number of ketones is 2. The highest BCUT2D eigenvalue weighted by molar-refractivity contribution is 6.30. The van der Waals surface area contributed by atoms with Gasteiger partial charge in [0.25, 0.3) is 0 Å². The molecule has 3 aromatic carbocycles. The molecule has 0 unspecified atom stereocenters. The molecule has 0 radical (unpaired) electrons. The molecule has 190 valence electrons. The number of hydrogen-bond acceptors (Lipinski definition) is 9. The summed E-state index contributed by atoms with van der Waals surface area (Å²) in [4.78, 5) is 38.5. The average molecular weight is 505 g/mol. The van der Waals surface area contributed by atoms with Gasteiger partial charge in [-0.2, -0.15) is 0 Å². The van der Waals surface area contributed by atoms with Crippen molar-refractivity contribution in [3.63, 3.8) is 0 Å². The van der Waals surface area contributed by atoms with Crippen LogP contribution in [0.15, 0.2) is 48.5 Å². The maximum atomic E-state index is 13.2. The third-order valence-corrected chi connectivity index (χ3v) is 6.68. The number of phenols is 2. The molecule has 5 N–H and O–H groups in total. The lowest BCUT2D eigenvalue weighted by molar-refractivity contribution is -0.0613. The number of ether oxygens (including phenoxy) is 2. The van der Waals surface area contributed by atoms with E-state index in [0.717, 1.165) is 0 Å². The number of benzene rings is 3. The van der Waals surface area contributed by atoms with Crippen molar-refractivity contribution in [3.05, 3.63) is 81.9 Å². The molecular weight excluding hydrogens is 482 g/mol. The van der Waals surface area contributed by atoms with Gasteiger partial charge in [-0.05, 0) is 24.3 Å². The lowest BCUT2D eigenvalue weighted by Gasteiger charge is -2.37. The van der Waals surface area contributed by atoms with Crippen molar-refractivity contribution in [2.75, 3.05) is 19.0 Å². The van der Waals surface area contributed by atoms with E-state index < -0.39 is 53.0 Å². The number of amides is 1. The van der Waals surface area contributed by atoms with Crippen molar-refractivity contribution in [1.82, 2.24) is 0 Å². The zero-order chi connectivity index (χ0) is 26.5. The van der Waals surface area contributed by atoms with Gasteiger partial charge < -0.3 is 29.9 Å². The molecule has 2 aliphatic rings. The lowest BCUT2D eigenvalue weighted by atomic mass is 9.73. The second-order valence-electron chi connectivity index (χ2n) is 9.09. The number of aliphatic hydroxyl groups is 2. The number of carbonyl (C=O) groups is 3. The Labute approximate surface area is 210 Å². The molecule has 0 spiro atoms. The minimum Gasteiger partial charge on any atom is -0.507 e. The maximum absolute atomic E-state index is 13.2. The first-order chi connectivity index (χ1) is 17.6. The van der Waals surface area contributed by atoms with Crippen LogP contribution in [-0.2, 0) is 11.2 Å². The number of methoxy groups -OCH3 is 1. The molecular formula is C27H23NO9. The third-order valence-electron chi connectivity index (χ3n) is 6.68. The minimum atomic E-state index is -1.83. The van der Waals surface area contributed by atoms with Gasteiger partial charge in [-0.3, -0.25) is 14.9 Å². The lowest BCUT2D eigenvalue weighted by Crippen LogP contribution is -2.43. The summed E-state index contributed by atoms with van der Waals surface area (Å²) in [5.41, 5.74) is -2.30. The Balaban J connectivity index is 1.42. The first-order valence-electron chi connectivity index (χ1n) is 11.4. The van der Waals surface area contributed by atoms with Crippen molar-refractivity contribution in [3.8, 4) is 17.2 Å². The van der Waals surface area contributed by atoms with Crippen LogP contribution in [-0.4, -0.2) is 57.4 Å². The zero-order valence-electron chi connectivity index (χ0n) is 19.6. The maximum Gasteiger partial charge on any atom is 0.411 e. The molecule has 2 aliphatic carbocycles. The average Bonchev–Trinajstić information content (AvgIpc) is 2.88. The fourth-order valence-corrected chi connectivity index (χ4v) is 4.92. The Hall–Kier alpha value is -4.41. The summed E-state index contributed by atoms with van der Waals surface area (Å²) in [6.07, 6.45) is -3.10. The molecule has 37 heavy (non-hydrogen) atoms. The molecule has 5 rings (SSSR count). The van der Waals surface area contributed by atoms with Crippen molar-refractivity contribution < 1.29 is 44.3 Å². The molecule has 0 bridgehead atoms. The summed E-state index contributed by atoms with van der Waals surface area (Å²) < 4.78 is 10.2. The topological polar surface area (TPSA) is 163 Å². The number of nitrogens with one attached hydrogen (secondary N) is 1. The summed E-state index contributed by atoms with van der Waals surface area (Å²) in [6.45, 7) is -0.557. The van der Waals surface area contributed by atoms with E-state index >= 15 is 0 Å².